The molecule has 0 atom stereocenters. The van der Waals surface area contributed by atoms with Gasteiger partial charge in [-0.15, -0.1) is 11.8 Å². The molecule has 0 bridgehead atoms. The van der Waals surface area contributed by atoms with Gasteiger partial charge >= 0.3 is 0 Å². The van der Waals surface area contributed by atoms with E-state index in [1.54, 1.807) is 13.1 Å². The summed E-state index contributed by atoms with van der Waals surface area (Å²) in [5, 5.41) is 0. The Morgan fingerprint density at radius 2 is 2.27 bits per heavy atom. The Bertz CT molecular complexity index is 359. The molecule has 0 aliphatic rings. The molecule has 1 aromatic rings. The lowest BCUT2D eigenvalue weighted by Crippen LogP contribution is -2.00. The topological polar surface area (TPSA) is 30.0 Å². The molecule has 0 radical (unpaired) electrons. The van der Waals surface area contributed by atoms with Crippen molar-refractivity contribution in [3.05, 3.63) is 30.1 Å². The maximum absolute atomic E-state index is 11.4. The average Bonchev–Trinajstić information content (AvgIpc) is 2.28. The van der Waals surface area contributed by atoms with E-state index in [4.69, 9.17) is 0 Å². The number of aromatic nitrogens is 1. The summed E-state index contributed by atoms with van der Waals surface area (Å²) in [5.74, 6) is 5.94. The number of aryl methyl sites for hydroxylation is 1. The molecule has 0 spiro atoms. The van der Waals surface area contributed by atoms with Crippen molar-refractivity contribution in [3.63, 3.8) is 0 Å². The number of carbonyl (C=O) groups is 1. The van der Waals surface area contributed by atoms with E-state index in [-0.39, 0.29) is 5.78 Å². The molecule has 0 unspecified atom stereocenters. The first kappa shape index (κ1) is 11.5. The van der Waals surface area contributed by atoms with Crippen molar-refractivity contribution in [3.8, 4) is 11.8 Å². The molecule has 1 heterocycles. The predicted octanol–water partition coefficient (Wildman–Crippen LogP) is 2.39. The molecule has 78 valence electrons. The minimum atomic E-state index is 0.267. The molecule has 1 rings (SSSR count). The molecule has 0 aliphatic carbocycles. The molecule has 0 aliphatic heterocycles. The van der Waals surface area contributed by atoms with E-state index < -0.39 is 0 Å². The zero-order valence-electron chi connectivity index (χ0n) is 8.99. The van der Waals surface area contributed by atoms with Gasteiger partial charge in [-0.3, -0.25) is 9.78 Å². The fraction of sp³-hybridized carbons (Fsp3) is 0.385. The van der Waals surface area contributed by atoms with Crippen molar-refractivity contribution in [1.29, 1.82) is 0 Å². The highest BCUT2D eigenvalue weighted by Gasteiger charge is 2.01. The normalized spacial score (nSPS) is 9.13. The Kier molecular flexibility index (Phi) is 5.18. The van der Waals surface area contributed by atoms with Gasteiger partial charge < -0.3 is 0 Å². The van der Waals surface area contributed by atoms with Crippen LogP contribution in [-0.4, -0.2) is 10.8 Å². The molecule has 0 saturated carbocycles. The fourth-order valence-corrected chi connectivity index (χ4v) is 1.27. The summed E-state index contributed by atoms with van der Waals surface area (Å²) in [6.07, 6.45) is 4.30. The number of carbonyl (C=O) groups excluding carboxylic acids is 1. The number of ketones is 1. The standard InChI is InChI=1S/C13H15NO/c1-2-3-4-8-13(15)10-9-12-7-5-6-11-14-12/h5-7,11H,4,8-10H2,1H3. The van der Waals surface area contributed by atoms with E-state index >= 15 is 0 Å². The van der Waals surface area contributed by atoms with Crippen molar-refractivity contribution in [2.75, 3.05) is 0 Å². The average molecular weight is 201 g/mol. The highest BCUT2D eigenvalue weighted by Crippen LogP contribution is 2.02. The van der Waals surface area contributed by atoms with Crippen LogP contribution in [0.25, 0.3) is 0 Å². The predicted molar refractivity (Wildman–Crippen MR) is 60.2 cm³/mol. The van der Waals surface area contributed by atoms with E-state index in [1.807, 2.05) is 18.2 Å². The maximum atomic E-state index is 11.4. The zero-order valence-corrected chi connectivity index (χ0v) is 8.99. The fourth-order valence-electron chi connectivity index (χ4n) is 1.27. The lowest BCUT2D eigenvalue weighted by molar-refractivity contribution is -0.118. The van der Waals surface area contributed by atoms with Crippen molar-refractivity contribution in [2.24, 2.45) is 0 Å². The van der Waals surface area contributed by atoms with Gasteiger partial charge in [-0.05, 0) is 25.5 Å². The Morgan fingerprint density at radius 3 is 2.93 bits per heavy atom. The summed E-state index contributed by atoms with van der Waals surface area (Å²) in [6.45, 7) is 1.79. The first-order valence-corrected chi connectivity index (χ1v) is 5.14. The summed E-state index contributed by atoms with van der Waals surface area (Å²) < 4.78 is 0. The monoisotopic (exact) mass is 201 g/mol. The van der Waals surface area contributed by atoms with Gasteiger partial charge in [0.15, 0.2) is 0 Å². The molecule has 0 saturated heterocycles. The smallest absolute Gasteiger partial charge is 0.134 e. The Labute approximate surface area is 90.7 Å². The molecular weight excluding hydrogens is 186 g/mol. The van der Waals surface area contributed by atoms with E-state index in [0.717, 1.165) is 12.1 Å². The lowest BCUT2D eigenvalue weighted by Gasteiger charge is -1.98. The van der Waals surface area contributed by atoms with Crippen LogP contribution in [0, 0.1) is 11.8 Å². The Morgan fingerprint density at radius 1 is 1.40 bits per heavy atom. The number of hydrogen-bond donors (Lipinski definition) is 0. The number of pyridine rings is 1. The van der Waals surface area contributed by atoms with Crippen molar-refractivity contribution < 1.29 is 4.79 Å². The molecule has 2 heteroatoms. The minimum absolute atomic E-state index is 0.267. The molecule has 1 aromatic heterocycles. The SMILES string of the molecule is CC#CCCC(=O)CCc1ccccn1. The van der Waals surface area contributed by atoms with Crippen LogP contribution < -0.4 is 0 Å². The zero-order chi connectivity index (χ0) is 10.9. The second-order valence-corrected chi connectivity index (χ2v) is 3.29. The van der Waals surface area contributed by atoms with Gasteiger partial charge in [0.05, 0.1) is 0 Å². The molecule has 0 fully saturated rings. The quantitative estimate of drug-likeness (QED) is 0.685. The highest BCUT2D eigenvalue weighted by atomic mass is 16.1. The third-order valence-electron chi connectivity index (χ3n) is 2.09. The summed E-state index contributed by atoms with van der Waals surface area (Å²) in [4.78, 5) is 15.6. The van der Waals surface area contributed by atoms with Crippen LogP contribution in [-0.2, 0) is 11.2 Å². The number of hydrogen-bond acceptors (Lipinski definition) is 2. The first-order chi connectivity index (χ1) is 7.33. The summed E-state index contributed by atoms with van der Waals surface area (Å²) in [5.41, 5.74) is 0.979. The van der Waals surface area contributed by atoms with Gasteiger partial charge in [0.2, 0.25) is 0 Å². The summed E-state index contributed by atoms with van der Waals surface area (Å²) in [7, 11) is 0. The number of rotatable bonds is 5. The third-order valence-corrected chi connectivity index (χ3v) is 2.09. The molecule has 15 heavy (non-hydrogen) atoms. The van der Waals surface area contributed by atoms with Crippen molar-refractivity contribution in [1.82, 2.24) is 4.98 Å². The van der Waals surface area contributed by atoms with Crippen molar-refractivity contribution in [2.45, 2.75) is 32.6 Å². The largest absolute Gasteiger partial charge is 0.300 e. The highest BCUT2D eigenvalue weighted by molar-refractivity contribution is 5.78. The second kappa shape index (κ2) is 6.78. The van der Waals surface area contributed by atoms with Gasteiger partial charge in [-0.2, -0.15) is 0 Å². The van der Waals surface area contributed by atoms with E-state index in [0.29, 0.717) is 19.3 Å². The van der Waals surface area contributed by atoms with Crippen LogP contribution in [0.5, 0.6) is 0 Å². The van der Waals surface area contributed by atoms with Crippen LogP contribution in [0.4, 0.5) is 0 Å². The minimum Gasteiger partial charge on any atom is -0.300 e. The van der Waals surface area contributed by atoms with E-state index in [1.165, 1.54) is 0 Å². The molecule has 0 aromatic carbocycles. The van der Waals surface area contributed by atoms with Gasteiger partial charge in [-0.25, -0.2) is 0 Å². The van der Waals surface area contributed by atoms with E-state index in [9.17, 15) is 4.79 Å². The Hall–Kier alpha value is -1.62. The number of nitrogens with zero attached hydrogens (tertiary/aromatic N) is 1. The summed E-state index contributed by atoms with van der Waals surface area (Å²) >= 11 is 0. The number of Topliss-reactive ketones (excluding diaryl/α,β-unsaturated/α-hetero) is 1. The molecule has 0 amide bonds. The first-order valence-electron chi connectivity index (χ1n) is 5.14. The van der Waals surface area contributed by atoms with Gasteiger partial charge in [-0.1, -0.05) is 6.07 Å². The van der Waals surface area contributed by atoms with Crippen LogP contribution in [0.1, 0.15) is 31.9 Å². The molecule has 0 N–H and O–H groups in total. The summed E-state index contributed by atoms with van der Waals surface area (Å²) in [6, 6.07) is 5.76. The maximum Gasteiger partial charge on any atom is 0.134 e. The Balaban J connectivity index is 2.24. The van der Waals surface area contributed by atoms with Gasteiger partial charge in [0, 0.05) is 31.2 Å². The van der Waals surface area contributed by atoms with E-state index in [2.05, 4.69) is 16.8 Å². The lowest BCUT2D eigenvalue weighted by atomic mass is 10.1. The third kappa shape index (κ3) is 4.97. The van der Waals surface area contributed by atoms with Crippen LogP contribution >= 0.6 is 0 Å². The van der Waals surface area contributed by atoms with Crippen LogP contribution in [0.3, 0.4) is 0 Å². The van der Waals surface area contributed by atoms with Crippen molar-refractivity contribution >= 4 is 5.78 Å². The van der Waals surface area contributed by atoms with Crippen LogP contribution in [0.15, 0.2) is 24.4 Å². The van der Waals surface area contributed by atoms with Gasteiger partial charge in [0.1, 0.15) is 5.78 Å². The van der Waals surface area contributed by atoms with Crippen LogP contribution in [0.2, 0.25) is 0 Å². The van der Waals surface area contributed by atoms with Gasteiger partial charge in [0.25, 0.3) is 0 Å². The second-order valence-electron chi connectivity index (χ2n) is 3.29. The molecular formula is C13H15NO. The molecule has 2 nitrogen and oxygen atoms in total.